The molecule has 0 aromatic rings. The molecule has 0 spiro atoms. The fraction of sp³-hybridized carbons (Fsp3) is 0.753. The van der Waals surface area contributed by atoms with Gasteiger partial charge >= 0.3 is 39.5 Å². The first-order valence-electron chi connectivity index (χ1n) is 39.5. The molecule has 0 aliphatic heterocycles. The maximum absolute atomic E-state index is 13.1. The van der Waals surface area contributed by atoms with Crippen LogP contribution in [0, 0.1) is 0 Å². The van der Waals surface area contributed by atoms with Gasteiger partial charge in [-0.05, 0) is 116 Å². The van der Waals surface area contributed by atoms with E-state index >= 15 is 0 Å². The van der Waals surface area contributed by atoms with E-state index in [0.29, 0.717) is 25.7 Å². The lowest BCUT2D eigenvalue weighted by molar-refractivity contribution is -0.161. The molecule has 0 aliphatic carbocycles. The Morgan fingerprint density at radius 1 is 0.290 bits per heavy atom. The zero-order valence-electron chi connectivity index (χ0n) is 63.1. The number of allylic oxidation sites excluding steroid dienone is 16. The molecule has 5 atom stereocenters. The van der Waals surface area contributed by atoms with Gasteiger partial charge in [0.1, 0.15) is 19.3 Å². The largest absolute Gasteiger partial charge is 0.472 e. The number of hydrogen-bond donors (Lipinski definition) is 3. The molecule has 17 nitrogen and oxygen atoms in total. The lowest BCUT2D eigenvalue weighted by atomic mass is 10.0. The molecule has 0 aliphatic rings. The molecule has 0 amide bonds. The lowest BCUT2D eigenvalue weighted by Crippen LogP contribution is -2.30. The van der Waals surface area contributed by atoms with Gasteiger partial charge in [-0.25, -0.2) is 9.13 Å². The van der Waals surface area contributed by atoms with E-state index < -0.39 is 97.5 Å². The molecule has 19 heteroatoms. The second kappa shape index (κ2) is 73.3. The first-order chi connectivity index (χ1) is 48.7. The molecule has 0 radical (unpaired) electrons. The third kappa shape index (κ3) is 72.3. The molecule has 578 valence electrons. The number of aliphatic hydroxyl groups excluding tert-OH is 1. The zero-order chi connectivity index (χ0) is 73.2. The number of phosphoric acid groups is 2. The summed E-state index contributed by atoms with van der Waals surface area (Å²) >= 11 is 0. The Labute approximate surface area is 607 Å². The van der Waals surface area contributed by atoms with Gasteiger partial charge in [-0.2, -0.15) is 0 Å². The fourth-order valence-corrected chi connectivity index (χ4v) is 12.1. The van der Waals surface area contributed by atoms with E-state index in [1.54, 1.807) is 0 Å². The maximum Gasteiger partial charge on any atom is 0.472 e. The van der Waals surface area contributed by atoms with Crippen molar-refractivity contribution in [2.45, 2.75) is 354 Å². The molecule has 0 heterocycles. The highest BCUT2D eigenvalue weighted by Crippen LogP contribution is 2.45. The van der Waals surface area contributed by atoms with Crippen LogP contribution < -0.4 is 0 Å². The Hall–Kier alpha value is -4.02. The summed E-state index contributed by atoms with van der Waals surface area (Å²) in [6.45, 7) is 4.63. The minimum absolute atomic E-state index is 0.0762. The van der Waals surface area contributed by atoms with Crippen molar-refractivity contribution in [2.24, 2.45) is 0 Å². The van der Waals surface area contributed by atoms with Crippen molar-refractivity contribution in [2.75, 3.05) is 39.6 Å². The van der Waals surface area contributed by atoms with Crippen LogP contribution in [0.5, 0.6) is 0 Å². The van der Waals surface area contributed by atoms with Crippen LogP contribution in [0.2, 0.25) is 0 Å². The van der Waals surface area contributed by atoms with Crippen LogP contribution in [-0.4, -0.2) is 96.7 Å². The number of aliphatic hydroxyl groups is 1. The van der Waals surface area contributed by atoms with Crippen molar-refractivity contribution < 1.29 is 80.2 Å². The van der Waals surface area contributed by atoms with Gasteiger partial charge in [0, 0.05) is 25.7 Å². The van der Waals surface area contributed by atoms with Gasteiger partial charge in [-0.3, -0.25) is 37.3 Å². The molecule has 0 bridgehead atoms. The molecule has 3 N–H and O–H groups in total. The van der Waals surface area contributed by atoms with E-state index in [-0.39, 0.29) is 25.7 Å². The lowest BCUT2D eigenvalue weighted by Gasteiger charge is -2.21. The first kappa shape index (κ1) is 96.0. The van der Waals surface area contributed by atoms with Crippen molar-refractivity contribution in [3.63, 3.8) is 0 Å². The number of esters is 4. The van der Waals surface area contributed by atoms with E-state index in [9.17, 15) is 43.2 Å². The van der Waals surface area contributed by atoms with Crippen LogP contribution in [0.15, 0.2) is 97.2 Å². The molecule has 0 saturated carbocycles. The smallest absolute Gasteiger partial charge is 0.462 e. The summed E-state index contributed by atoms with van der Waals surface area (Å²) in [6, 6.07) is 0. The normalized spacial score (nSPS) is 14.4. The summed E-state index contributed by atoms with van der Waals surface area (Å²) in [6.07, 6.45) is 76.7. The Balaban J connectivity index is 5.34. The topological polar surface area (TPSA) is 237 Å². The van der Waals surface area contributed by atoms with Crippen LogP contribution in [0.1, 0.15) is 336 Å². The molecule has 0 aromatic carbocycles. The number of carbonyl (C=O) groups excluding carboxylic acids is 4. The van der Waals surface area contributed by atoms with Crippen LogP contribution in [0.4, 0.5) is 0 Å². The van der Waals surface area contributed by atoms with Gasteiger partial charge < -0.3 is 33.8 Å². The van der Waals surface area contributed by atoms with Gasteiger partial charge in [0.15, 0.2) is 12.2 Å². The quantitative estimate of drug-likeness (QED) is 0.0169. The Kier molecular flexibility index (Phi) is 70.4. The Morgan fingerprint density at radius 3 is 0.840 bits per heavy atom. The van der Waals surface area contributed by atoms with E-state index in [0.717, 1.165) is 193 Å². The number of unbranched alkanes of at least 4 members (excludes halogenated alkanes) is 32. The molecule has 0 rings (SSSR count). The first-order valence-corrected chi connectivity index (χ1v) is 42.5. The highest BCUT2D eigenvalue weighted by atomic mass is 31.2. The average Bonchev–Trinajstić information content (AvgIpc) is 0.946. The summed E-state index contributed by atoms with van der Waals surface area (Å²) in [5, 5.41) is 10.6. The number of hydrogen-bond acceptors (Lipinski definition) is 15. The van der Waals surface area contributed by atoms with Gasteiger partial charge in [0.2, 0.25) is 0 Å². The molecule has 5 unspecified atom stereocenters. The second-order valence-electron chi connectivity index (χ2n) is 26.3. The summed E-state index contributed by atoms with van der Waals surface area (Å²) < 4.78 is 68.5. The van der Waals surface area contributed by atoms with Crippen molar-refractivity contribution in [1.82, 2.24) is 0 Å². The van der Waals surface area contributed by atoms with Crippen molar-refractivity contribution >= 4 is 39.5 Å². The monoisotopic (exact) mass is 1450 g/mol. The summed E-state index contributed by atoms with van der Waals surface area (Å²) in [7, 11) is -9.96. The van der Waals surface area contributed by atoms with Crippen molar-refractivity contribution in [3.05, 3.63) is 97.2 Å². The van der Waals surface area contributed by atoms with E-state index in [2.05, 4.69) is 125 Å². The molecule has 0 aromatic heterocycles. The minimum Gasteiger partial charge on any atom is -0.462 e. The predicted octanol–water partition coefficient (Wildman–Crippen LogP) is 22.8. The van der Waals surface area contributed by atoms with Crippen LogP contribution in [-0.2, 0) is 65.4 Å². The average molecular weight is 1450 g/mol. The van der Waals surface area contributed by atoms with Crippen molar-refractivity contribution in [3.8, 4) is 0 Å². The van der Waals surface area contributed by atoms with Crippen LogP contribution in [0.25, 0.3) is 0 Å². The van der Waals surface area contributed by atoms with Gasteiger partial charge in [0.25, 0.3) is 0 Å². The van der Waals surface area contributed by atoms with E-state index in [4.69, 9.17) is 37.0 Å². The number of phosphoric ester groups is 2. The van der Waals surface area contributed by atoms with Crippen LogP contribution in [0.3, 0.4) is 0 Å². The molecule has 0 saturated heterocycles. The maximum atomic E-state index is 13.1. The SMILES string of the molecule is CC/C=C\C/C=C\C/C=C\C/C=C\CCCCCCCCC(=O)OCC(COP(=O)(O)OCC(O)COP(=O)(O)OCC(COC(=O)CCCCCCC/C=C\C/C=C\CCC)OC(=O)CCCCCCC/C=C\C/C=C\CCC)OC(=O)CCCCCCCCCCCCCCCCC. The van der Waals surface area contributed by atoms with Gasteiger partial charge in [-0.15, -0.1) is 0 Å². The third-order valence-electron chi connectivity index (χ3n) is 16.5. The summed E-state index contributed by atoms with van der Waals surface area (Å²) in [5.74, 6) is -2.20. The number of carbonyl (C=O) groups is 4. The zero-order valence-corrected chi connectivity index (χ0v) is 64.9. The molecular formula is C81H142O17P2. The van der Waals surface area contributed by atoms with Gasteiger partial charge in [-0.1, -0.05) is 292 Å². The van der Waals surface area contributed by atoms with E-state index in [1.807, 2.05) is 0 Å². The third-order valence-corrected chi connectivity index (χ3v) is 18.4. The highest BCUT2D eigenvalue weighted by Gasteiger charge is 2.30. The summed E-state index contributed by atoms with van der Waals surface area (Å²) in [4.78, 5) is 72.9. The Bertz CT molecular complexity index is 2270. The number of ether oxygens (including phenoxy) is 4. The molecular weight excluding hydrogens is 1310 g/mol. The standard InChI is InChI=1S/C81H142O17P2/c1-5-9-13-17-21-25-29-33-35-36-37-38-40-43-46-50-54-58-62-66-79(84)92-72-77(98-81(86)68-64-60-56-52-48-44-39-34-30-26-22-18-14-10-6-2)74-96-100(89,90)94-70-75(82)69-93-99(87,88)95-73-76(97-80(85)67-63-59-55-51-47-42-32-28-24-20-16-12-8-4)71-91-78(83)65-61-57-53-49-45-41-31-27-23-19-15-11-7-3/h9,13,15-16,19-21,25,27-28,31-33,35,37-38,75-77,82H,5-8,10-12,14,17-18,22-24,26,29-30,34,36,39-74H2,1-4H3,(H,87,88)(H,89,90)/b13-9-,19-15-,20-16-,25-21-,31-27-,32-28-,35-33-,38-37-. The predicted molar refractivity (Wildman–Crippen MR) is 409 cm³/mol. The Morgan fingerprint density at radius 2 is 0.540 bits per heavy atom. The minimum atomic E-state index is -4.98. The second-order valence-corrected chi connectivity index (χ2v) is 29.2. The summed E-state index contributed by atoms with van der Waals surface area (Å²) in [5.41, 5.74) is 0. The number of rotatable bonds is 74. The fourth-order valence-electron chi connectivity index (χ4n) is 10.5. The molecule has 0 fully saturated rings. The van der Waals surface area contributed by atoms with Crippen LogP contribution >= 0.6 is 15.6 Å². The van der Waals surface area contributed by atoms with Crippen molar-refractivity contribution in [1.29, 1.82) is 0 Å². The highest BCUT2D eigenvalue weighted by molar-refractivity contribution is 7.47. The van der Waals surface area contributed by atoms with E-state index in [1.165, 1.54) is 64.2 Å². The van der Waals surface area contributed by atoms with Gasteiger partial charge in [0.05, 0.1) is 26.4 Å². The molecule has 100 heavy (non-hydrogen) atoms.